The van der Waals surface area contributed by atoms with Gasteiger partial charge in [0.05, 0.1) is 6.07 Å². The van der Waals surface area contributed by atoms with Gasteiger partial charge in [-0.25, -0.2) is 0 Å². The fourth-order valence-corrected chi connectivity index (χ4v) is 2.26. The van der Waals surface area contributed by atoms with Crippen molar-refractivity contribution in [3.63, 3.8) is 0 Å². The predicted octanol–water partition coefficient (Wildman–Crippen LogP) is 4.27. The van der Waals surface area contributed by atoms with Crippen LogP contribution in [-0.4, -0.2) is 5.78 Å². The molecular formula is C18H17NO. The number of carbonyl (C=O) groups is 1. The number of nitrogens with zero attached hydrogens (tertiary/aromatic N) is 1. The maximum Gasteiger partial charge on any atom is 0.170 e. The van der Waals surface area contributed by atoms with Crippen molar-refractivity contribution in [3.8, 4) is 6.07 Å². The molecule has 0 radical (unpaired) electrons. The van der Waals surface area contributed by atoms with E-state index in [1.165, 1.54) is 5.56 Å². The van der Waals surface area contributed by atoms with Gasteiger partial charge in [-0.1, -0.05) is 60.2 Å². The van der Waals surface area contributed by atoms with E-state index in [0.717, 1.165) is 5.56 Å². The Hall–Kier alpha value is -2.40. The lowest BCUT2D eigenvalue weighted by atomic mass is 9.87. The van der Waals surface area contributed by atoms with Gasteiger partial charge in [0.15, 0.2) is 5.78 Å². The van der Waals surface area contributed by atoms with Gasteiger partial charge in [-0.3, -0.25) is 4.79 Å². The van der Waals surface area contributed by atoms with Crippen LogP contribution in [0.3, 0.4) is 0 Å². The summed E-state index contributed by atoms with van der Waals surface area (Å²) in [7, 11) is 0. The van der Waals surface area contributed by atoms with Gasteiger partial charge in [0, 0.05) is 17.9 Å². The van der Waals surface area contributed by atoms with Gasteiger partial charge in [0.1, 0.15) is 0 Å². The Kier molecular flexibility index (Phi) is 4.68. The topological polar surface area (TPSA) is 40.9 Å². The first-order chi connectivity index (χ1) is 9.72. The third kappa shape index (κ3) is 3.33. The number of carbonyl (C=O) groups excluding carboxylic acids is 1. The first-order valence-corrected chi connectivity index (χ1v) is 6.75. The fourth-order valence-electron chi connectivity index (χ4n) is 2.26. The van der Waals surface area contributed by atoms with Crippen LogP contribution in [0, 0.1) is 18.3 Å². The van der Waals surface area contributed by atoms with Crippen molar-refractivity contribution in [3.05, 3.63) is 71.3 Å². The summed E-state index contributed by atoms with van der Waals surface area (Å²) in [5.74, 6) is -0.151. The van der Waals surface area contributed by atoms with Crippen LogP contribution in [0.5, 0.6) is 0 Å². The summed E-state index contributed by atoms with van der Waals surface area (Å²) in [5, 5.41) is 8.80. The lowest BCUT2D eigenvalue weighted by molar-refractivity contribution is 0.0955. The van der Waals surface area contributed by atoms with E-state index in [1.807, 2.05) is 61.5 Å². The van der Waals surface area contributed by atoms with E-state index in [9.17, 15) is 4.79 Å². The normalized spacial score (nSPS) is 11.6. The molecule has 2 aromatic rings. The summed E-state index contributed by atoms with van der Waals surface area (Å²) in [4.78, 5) is 12.6. The van der Waals surface area contributed by atoms with E-state index in [2.05, 4.69) is 6.07 Å². The van der Waals surface area contributed by atoms with E-state index in [4.69, 9.17) is 5.26 Å². The average molecular weight is 263 g/mol. The van der Waals surface area contributed by atoms with Crippen LogP contribution in [0.25, 0.3) is 0 Å². The number of Topliss-reactive ketones (excluding diaryl/α,β-unsaturated/α-hetero) is 1. The number of ketones is 1. The molecule has 0 heterocycles. The van der Waals surface area contributed by atoms with Crippen LogP contribution >= 0.6 is 0 Å². The Bertz CT molecular complexity index is 608. The third-order valence-corrected chi connectivity index (χ3v) is 3.40. The van der Waals surface area contributed by atoms with Gasteiger partial charge < -0.3 is 0 Å². The number of aryl methyl sites for hydroxylation is 1. The summed E-state index contributed by atoms with van der Waals surface area (Å²) in [6.07, 6.45) is 0.949. The predicted molar refractivity (Wildman–Crippen MR) is 79.5 cm³/mol. The zero-order valence-electron chi connectivity index (χ0n) is 11.5. The van der Waals surface area contributed by atoms with Crippen LogP contribution in [0.4, 0.5) is 0 Å². The van der Waals surface area contributed by atoms with Gasteiger partial charge in [-0.15, -0.1) is 0 Å². The molecule has 0 aliphatic heterocycles. The molecule has 1 atom stereocenters. The second kappa shape index (κ2) is 6.68. The first kappa shape index (κ1) is 14.0. The lowest BCUT2D eigenvalue weighted by Crippen LogP contribution is -2.13. The fraction of sp³-hybridized carbons (Fsp3) is 0.222. The number of benzene rings is 2. The molecule has 2 rings (SSSR count). The largest absolute Gasteiger partial charge is 0.293 e. The molecular weight excluding hydrogens is 246 g/mol. The van der Waals surface area contributed by atoms with E-state index < -0.39 is 0 Å². The molecule has 1 unspecified atom stereocenters. The zero-order valence-corrected chi connectivity index (χ0v) is 11.5. The Morgan fingerprint density at radius 2 is 1.75 bits per heavy atom. The van der Waals surface area contributed by atoms with Gasteiger partial charge in [-0.05, 0) is 18.9 Å². The molecule has 20 heavy (non-hydrogen) atoms. The standard InChI is InChI=1S/C18H17NO/c1-14-9-11-15(12-10-14)17(8-5-13-19)18(20)16-6-3-2-4-7-16/h2-4,6-7,9-12,17H,5,8H2,1H3. The highest BCUT2D eigenvalue weighted by atomic mass is 16.1. The molecule has 0 saturated carbocycles. The summed E-state index contributed by atoms with van der Waals surface area (Å²) >= 11 is 0. The number of hydrogen-bond acceptors (Lipinski definition) is 2. The van der Waals surface area contributed by atoms with Crippen LogP contribution in [-0.2, 0) is 0 Å². The molecule has 0 aliphatic rings. The Labute approximate surface area is 119 Å². The van der Waals surface area contributed by atoms with Gasteiger partial charge in [-0.2, -0.15) is 5.26 Å². The number of nitriles is 1. The van der Waals surface area contributed by atoms with Crippen molar-refractivity contribution in [2.24, 2.45) is 0 Å². The van der Waals surface area contributed by atoms with Gasteiger partial charge in [0.25, 0.3) is 0 Å². The first-order valence-electron chi connectivity index (χ1n) is 6.75. The molecule has 0 amide bonds. The minimum Gasteiger partial charge on any atom is -0.293 e. The number of rotatable bonds is 5. The van der Waals surface area contributed by atoms with Crippen molar-refractivity contribution < 1.29 is 4.79 Å². The van der Waals surface area contributed by atoms with E-state index in [-0.39, 0.29) is 11.7 Å². The minimum atomic E-state index is -0.238. The molecule has 2 aromatic carbocycles. The smallest absolute Gasteiger partial charge is 0.170 e. The molecule has 2 heteroatoms. The molecule has 100 valence electrons. The lowest BCUT2D eigenvalue weighted by Gasteiger charge is -2.15. The van der Waals surface area contributed by atoms with Crippen molar-refractivity contribution in [2.75, 3.05) is 0 Å². The van der Waals surface area contributed by atoms with Crippen LogP contribution in [0.15, 0.2) is 54.6 Å². The average Bonchev–Trinajstić information content (AvgIpc) is 2.50. The maximum atomic E-state index is 12.6. The molecule has 0 fully saturated rings. The highest BCUT2D eigenvalue weighted by Crippen LogP contribution is 2.26. The van der Waals surface area contributed by atoms with E-state index in [1.54, 1.807) is 0 Å². The SMILES string of the molecule is Cc1ccc(C(CCC#N)C(=O)c2ccccc2)cc1. The van der Waals surface area contributed by atoms with Gasteiger partial charge in [0.2, 0.25) is 0 Å². The zero-order chi connectivity index (χ0) is 14.4. The molecule has 0 N–H and O–H groups in total. The van der Waals surface area contributed by atoms with Crippen molar-refractivity contribution >= 4 is 5.78 Å². The number of hydrogen-bond donors (Lipinski definition) is 0. The van der Waals surface area contributed by atoms with Crippen molar-refractivity contribution in [1.82, 2.24) is 0 Å². The van der Waals surface area contributed by atoms with Gasteiger partial charge >= 0.3 is 0 Å². The summed E-state index contributed by atoms with van der Waals surface area (Å²) < 4.78 is 0. The van der Waals surface area contributed by atoms with E-state index >= 15 is 0 Å². The second-order valence-electron chi connectivity index (χ2n) is 4.89. The third-order valence-electron chi connectivity index (χ3n) is 3.40. The molecule has 0 saturated heterocycles. The Balaban J connectivity index is 2.30. The van der Waals surface area contributed by atoms with Crippen LogP contribution in [0.1, 0.15) is 40.2 Å². The monoisotopic (exact) mass is 263 g/mol. The maximum absolute atomic E-state index is 12.6. The second-order valence-corrected chi connectivity index (χ2v) is 4.89. The molecule has 0 spiro atoms. The van der Waals surface area contributed by atoms with E-state index in [0.29, 0.717) is 18.4 Å². The minimum absolute atomic E-state index is 0.0877. The Morgan fingerprint density at radius 3 is 2.35 bits per heavy atom. The van der Waals surface area contributed by atoms with Crippen LogP contribution < -0.4 is 0 Å². The van der Waals surface area contributed by atoms with Crippen molar-refractivity contribution in [2.45, 2.75) is 25.7 Å². The molecule has 2 nitrogen and oxygen atoms in total. The summed E-state index contributed by atoms with van der Waals surface area (Å²) in [6.45, 7) is 2.02. The summed E-state index contributed by atoms with van der Waals surface area (Å²) in [5.41, 5.74) is 2.86. The highest BCUT2D eigenvalue weighted by molar-refractivity contribution is 6.00. The quantitative estimate of drug-likeness (QED) is 0.756. The highest BCUT2D eigenvalue weighted by Gasteiger charge is 2.21. The molecule has 0 aliphatic carbocycles. The molecule has 0 aromatic heterocycles. The summed E-state index contributed by atoms with van der Waals surface area (Å²) in [6, 6.07) is 19.4. The molecule has 0 bridgehead atoms. The Morgan fingerprint density at radius 1 is 1.10 bits per heavy atom. The van der Waals surface area contributed by atoms with Crippen molar-refractivity contribution in [1.29, 1.82) is 5.26 Å². The van der Waals surface area contributed by atoms with Crippen LogP contribution in [0.2, 0.25) is 0 Å².